The molecule has 0 unspecified atom stereocenters. The van der Waals surface area contributed by atoms with E-state index in [9.17, 15) is 13.2 Å². The summed E-state index contributed by atoms with van der Waals surface area (Å²) in [6, 6.07) is 1.40. The average molecular weight is 380 g/mol. The summed E-state index contributed by atoms with van der Waals surface area (Å²) in [4.78, 5) is 26.1. The first kappa shape index (κ1) is 18.2. The number of hydrogen-bond donors (Lipinski definition) is 1. The second-order valence-electron chi connectivity index (χ2n) is 6.29. The van der Waals surface area contributed by atoms with Gasteiger partial charge in [0.15, 0.2) is 0 Å². The molecule has 2 amide bonds. The Morgan fingerprint density at radius 3 is 2.85 bits per heavy atom. The van der Waals surface area contributed by atoms with Crippen molar-refractivity contribution in [1.82, 2.24) is 30.3 Å². The molecule has 10 nitrogen and oxygen atoms in total. The van der Waals surface area contributed by atoms with Gasteiger partial charge in [0.1, 0.15) is 9.84 Å². The third-order valence-electron chi connectivity index (χ3n) is 3.97. The zero-order valence-electron chi connectivity index (χ0n) is 14.3. The third kappa shape index (κ3) is 4.97. The molecule has 1 aliphatic rings. The van der Waals surface area contributed by atoms with Crippen molar-refractivity contribution in [3.63, 3.8) is 0 Å². The second kappa shape index (κ2) is 7.77. The molecule has 1 atom stereocenters. The topological polar surface area (TPSA) is 131 Å². The maximum atomic E-state index is 12.3. The van der Waals surface area contributed by atoms with E-state index in [0.29, 0.717) is 18.9 Å². The van der Waals surface area contributed by atoms with Gasteiger partial charge in [-0.25, -0.2) is 23.2 Å². The van der Waals surface area contributed by atoms with Crippen LogP contribution in [0.5, 0.6) is 0 Å². The predicted molar refractivity (Wildman–Crippen MR) is 91.6 cm³/mol. The normalized spacial score (nSPS) is 17.9. The van der Waals surface area contributed by atoms with Gasteiger partial charge in [-0.1, -0.05) is 5.16 Å². The fraction of sp³-hybridized carbons (Fsp3) is 0.533. The van der Waals surface area contributed by atoms with Crippen LogP contribution in [0.25, 0.3) is 11.6 Å². The van der Waals surface area contributed by atoms with Crippen molar-refractivity contribution in [3.8, 4) is 11.6 Å². The Balaban J connectivity index is 1.53. The summed E-state index contributed by atoms with van der Waals surface area (Å²) in [5.74, 6) is 0.899. The monoisotopic (exact) mass is 380 g/mol. The number of carbonyl (C=O) groups excluding carboxylic acids is 1. The summed E-state index contributed by atoms with van der Waals surface area (Å²) >= 11 is 0. The quantitative estimate of drug-likeness (QED) is 0.793. The molecular formula is C15H20N6O4S. The highest BCUT2D eigenvalue weighted by molar-refractivity contribution is 7.90. The molecule has 0 radical (unpaired) electrons. The molecule has 0 aliphatic carbocycles. The van der Waals surface area contributed by atoms with Crippen LogP contribution in [0.2, 0.25) is 0 Å². The summed E-state index contributed by atoms with van der Waals surface area (Å²) in [5, 5.41) is 6.50. The molecule has 2 aromatic heterocycles. The van der Waals surface area contributed by atoms with Gasteiger partial charge in [0.05, 0.1) is 12.3 Å². The smallest absolute Gasteiger partial charge is 0.317 e. The van der Waals surface area contributed by atoms with Crippen molar-refractivity contribution in [1.29, 1.82) is 0 Å². The molecule has 0 spiro atoms. The van der Waals surface area contributed by atoms with Gasteiger partial charge in [-0.2, -0.15) is 4.98 Å². The largest absolute Gasteiger partial charge is 0.337 e. The number of piperidine rings is 1. The summed E-state index contributed by atoms with van der Waals surface area (Å²) in [5.41, 5.74) is 0. The maximum absolute atomic E-state index is 12.3. The Morgan fingerprint density at radius 2 is 2.12 bits per heavy atom. The Hall–Kier alpha value is -2.56. The van der Waals surface area contributed by atoms with Crippen LogP contribution in [-0.2, 0) is 16.4 Å². The second-order valence-corrected chi connectivity index (χ2v) is 8.47. The van der Waals surface area contributed by atoms with E-state index >= 15 is 0 Å². The lowest BCUT2D eigenvalue weighted by Gasteiger charge is -2.32. The predicted octanol–water partition coefficient (Wildman–Crippen LogP) is 0.493. The number of carbonyl (C=O) groups is 1. The molecule has 2 aromatic rings. The van der Waals surface area contributed by atoms with Crippen LogP contribution in [0.4, 0.5) is 4.79 Å². The molecule has 0 aromatic carbocycles. The molecular weight excluding hydrogens is 360 g/mol. The summed E-state index contributed by atoms with van der Waals surface area (Å²) in [7, 11) is -3.06. The first-order valence-electron chi connectivity index (χ1n) is 8.21. The van der Waals surface area contributed by atoms with Crippen molar-refractivity contribution >= 4 is 15.9 Å². The average Bonchev–Trinajstić information content (AvgIpc) is 3.08. The van der Waals surface area contributed by atoms with Gasteiger partial charge in [-0.15, -0.1) is 0 Å². The van der Waals surface area contributed by atoms with Gasteiger partial charge >= 0.3 is 6.03 Å². The fourth-order valence-electron chi connectivity index (χ4n) is 2.91. The van der Waals surface area contributed by atoms with Gasteiger partial charge in [-0.05, 0) is 24.8 Å². The SMILES string of the molecule is CS(=O)(=O)C[C@@H]1CCCN(C(=O)NCc2nc(-c3ncccn3)no2)C1. The summed E-state index contributed by atoms with van der Waals surface area (Å²) < 4.78 is 28.0. The van der Waals surface area contributed by atoms with Crippen LogP contribution >= 0.6 is 0 Å². The highest BCUT2D eigenvalue weighted by atomic mass is 32.2. The first-order chi connectivity index (χ1) is 12.4. The van der Waals surface area contributed by atoms with Crippen LogP contribution in [0.15, 0.2) is 23.0 Å². The Labute approximate surface area is 150 Å². The minimum Gasteiger partial charge on any atom is -0.337 e. The highest BCUT2D eigenvalue weighted by Crippen LogP contribution is 2.18. The Morgan fingerprint density at radius 1 is 1.35 bits per heavy atom. The number of likely N-dealkylation sites (tertiary alicyclic amines) is 1. The van der Waals surface area contributed by atoms with Crippen molar-refractivity contribution in [2.24, 2.45) is 5.92 Å². The summed E-state index contributed by atoms with van der Waals surface area (Å²) in [6.45, 7) is 1.09. The van der Waals surface area contributed by atoms with Gasteiger partial charge in [0.2, 0.25) is 17.5 Å². The van der Waals surface area contributed by atoms with E-state index in [4.69, 9.17) is 4.52 Å². The van der Waals surface area contributed by atoms with E-state index in [1.807, 2.05) is 0 Å². The van der Waals surface area contributed by atoms with E-state index < -0.39 is 9.84 Å². The molecule has 1 N–H and O–H groups in total. The van der Waals surface area contributed by atoms with Crippen LogP contribution in [0.1, 0.15) is 18.7 Å². The lowest BCUT2D eigenvalue weighted by Crippen LogP contribution is -2.46. The van der Waals surface area contributed by atoms with Crippen LogP contribution in [0, 0.1) is 5.92 Å². The summed E-state index contributed by atoms with van der Waals surface area (Å²) in [6.07, 6.45) is 5.95. The van der Waals surface area contributed by atoms with E-state index in [1.54, 1.807) is 23.4 Å². The van der Waals surface area contributed by atoms with Crippen LogP contribution < -0.4 is 5.32 Å². The molecule has 1 aliphatic heterocycles. The number of rotatable bonds is 5. The first-order valence-corrected chi connectivity index (χ1v) is 10.3. The molecule has 0 saturated carbocycles. The van der Waals surface area contributed by atoms with E-state index in [1.165, 1.54) is 6.26 Å². The van der Waals surface area contributed by atoms with Crippen molar-refractivity contribution < 1.29 is 17.7 Å². The number of sulfone groups is 1. The van der Waals surface area contributed by atoms with Gasteiger partial charge in [0.25, 0.3) is 0 Å². The zero-order valence-corrected chi connectivity index (χ0v) is 15.1. The lowest BCUT2D eigenvalue weighted by atomic mass is 10.0. The molecule has 1 saturated heterocycles. The molecule has 3 heterocycles. The standard InChI is InChI=1S/C15H20N6O4S/c1-26(23,24)10-11-4-2-7-21(9-11)15(22)18-8-12-19-14(20-25-12)13-16-5-3-6-17-13/h3,5-6,11H,2,4,7-10H2,1H3,(H,18,22)/t11-/m1/s1. The Bertz CT molecular complexity index is 854. The van der Waals surface area contributed by atoms with Crippen molar-refractivity contribution in [3.05, 3.63) is 24.4 Å². The minimum absolute atomic E-state index is 0.0327. The number of nitrogens with one attached hydrogen (secondary N) is 1. The molecule has 11 heteroatoms. The molecule has 140 valence electrons. The number of amides is 2. The molecule has 1 fully saturated rings. The van der Waals surface area contributed by atoms with Crippen LogP contribution in [0.3, 0.4) is 0 Å². The number of hydrogen-bond acceptors (Lipinski definition) is 8. The number of aromatic nitrogens is 4. The minimum atomic E-state index is -3.06. The zero-order chi connectivity index (χ0) is 18.6. The van der Waals surface area contributed by atoms with Gasteiger partial charge in [0, 0.05) is 31.7 Å². The van der Waals surface area contributed by atoms with E-state index in [2.05, 4.69) is 25.4 Å². The number of urea groups is 1. The van der Waals surface area contributed by atoms with E-state index in [0.717, 1.165) is 12.8 Å². The van der Waals surface area contributed by atoms with E-state index in [-0.39, 0.29) is 36.0 Å². The lowest BCUT2D eigenvalue weighted by molar-refractivity contribution is 0.168. The van der Waals surface area contributed by atoms with Gasteiger partial charge < -0.3 is 14.7 Å². The molecule has 26 heavy (non-hydrogen) atoms. The van der Waals surface area contributed by atoms with Gasteiger partial charge in [-0.3, -0.25) is 0 Å². The molecule has 0 bridgehead atoms. The highest BCUT2D eigenvalue weighted by Gasteiger charge is 2.26. The fourth-order valence-corrected chi connectivity index (χ4v) is 4.04. The van der Waals surface area contributed by atoms with Crippen molar-refractivity contribution in [2.75, 3.05) is 25.1 Å². The maximum Gasteiger partial charge on any atom is 0.317 e. The number of nitrogens with zero attached hydrogens (tertiary/aromatic N) is 5. The third-order valence-corrected chi connectivity index (χ3v) is 5.05. The van der Waals surface area contributed by atoms with Crippen molar-refractivity contribution in [2.45, 2.75) is 19.4 Å². The Kier molecular flexibility index (Phi) is 5.45. The van der Waals surface area contributed by atoms with Crippen LogP contribution in [-0.4, -0.2) is 64.6 Å². The molecule has 3 rings (SSSR count).